The molecule has 0 spiro atoms. The van der Waals surface area contributed by atoms with Crippen molar-refractivity contribution >= 4 is 0 Å². The van der Waals surface area contributed by atoms with Crippen molar-refractivity contribution in [1.29, 1.82) is 0 Å². The summed E-state index contributed by atoms with van der Waals surface area (Å²) in [4.78, 5) is 2.36. The Balaban J connectivity index is 1.75. The minimum atomic E-state index is 0.373. The van der Waals surface area contributed by atoms with Crippen LogP contribution in [-0.2, 0) is 9.47 Å². The maximum Gasteiger partial charge on any atom is 0.138 e. The zero-order valence-electron chi connectivity index (χ0n) is 6.49. The van der Waals surface area contributed by atoms with E-state index in [0.29, 0.717) is 18.4 Å². The molecular formula is C8H11NO2. The van der Waals surface area contributed by atoms with E-state index in [1.54, 1.807) is 0 Å². The fraction of sp³-hybridized carbons (Fsp3) is 0.750. The Bertz CT molecular complexity index is 226. The van der Waals surface area contributed by atoms with E-state index >= 15 is 0 Å². The summed E-state index contributed by atoms with van der Waals surface area (Å²) < 4.78 is 10.7. The summed E-state index contributed by atoms with van der Waals surface area (Å²) in [5, 5.41) is 0. The Kier molecular flexibility index (Phi) is 0.980. The van der Waals surface area contributed by atoms with Crippen LogP contribution in [0.4, 0.5) is 0 Å². The van der Waals surface area contributed by atoms with Gasteiger partial charge >= 0.3 is 0 Å². The Hall–Kier alpha value is -0.540. The van der Waals surface area contributed by atoms with Crippen LogP contribution in [0.15, 0.2) is 11.8 Å². The maximum atomic E-state index is 5.39. The normalized spacial score (nSPS) is 47.4. The van der Waals surface area contributed by atoms with Crippen molar-refractivity contribution in [2.75, 3.05) is 13.2 Å². The highest BCUT2D eigenvalue weighted by Gasteiger charge is 2.47. The van der Waals surface area contributed by atoms with E-state index in [1.807, 2.05) is 0 Å². The molecule has 0 aliphatic carbocycles. The molecule has 3 unspecified atom stereocenters. The topological polar surface area (TPSA) is 25.0 Å². The Morgan fingerprint density at radius 2 is 2.45 bits per heavy atom. The largest absolute Gasteiger partial charge is 0.495 e. The summed E-state index contributed by atoms with van der Waals surface area (Å²) in [6.45, 7) is 3.91. The first-order valence-electron chi connectivity index (χ1n) is 4.09. The van der Waals surface area contributed by atoms with Crippen molar-refractivity contribution < 1.29 is 9.47 Å². The fourth-order valence-corrected chi connectivity index (χ4v) is 1.89. The molecule has 0 amide bonds. The van der Waals surface area contributed by atoms with E-state index in [9.17, 15) is 0 Å². The average molecular weight is 153 g/mol. The molecule has 2 bridgehead atoms. The zero-order chi connectivity index (χ0) is 7.42. The van der Waals surface area contributed by atoms with Gasteiger partial charge in [-0.05, 0) is 13.0 Å². The summed E-state index contributed by atoms with van der Waals surface area (Å²) >= 11 is 0. The van der Waals surface area contributed by atoms with Crippen molar-refractivity contribution in [1.82, 2.24) is 4.90 Å². The third kappa shape index (κ3) is 0.752. The highest BCUT2D eigenvalue weighted by atomic mass is 16.6. The number of epoxide rings is 1. The Morgan fingerprint density at radius 3 is 2.91 bits per heavy atom. The van der Waals surface area contributed by atoms with E-state index < -0.39 is 0 Å². The average Bonchev–Trinajstić information content (AvgIpc) is 2.52. The number of fused-ring (bicyclic) bond motifs is 1. The molecule has 11 heavy (non-hydrogen) atoms. The third-order valence-corrected chi connectivity index (χ3v) is 2.59. The second-order valence-corrected chi connectivity index (χ2v) is 3.42. The van der Waals surface area contributed by atoms with Crippen LogP contribution in [0.2, 0.25) is 0 Å². The minimum Gasteiger partial charge on any atom is -0.495 e. The van der Waals surface area contributed by atoms with Gasteiger partial charge in [-0.2, -0.15) is 0 Å². The van der Waals surface area contributed by atoms with Gasteiger partial charge in [-0.25, -0.2) is 0 Å². The lowest BCUT2D eigenvalue weighted by Gasteiger charge is -2.25. The Labute approximate surface area is 65.6 Å². The lowest BCUT2D eigenvalue weighted by atomic mass is 10.3. The highest BCUT2D eigenvalue weighted by Crippen LogP contribution is 2.35. The monoisotopic (exact) mass is 153 g/mol. The number of hydrogen-bond acceptors (Lipinski definition) is 3. The quantitative estimate of drug-likeness (QED) is 0.507. The van der Waals surface area contributed by atoms with Gasteiger partial charge in [0.25, 0.3) is 0 Å². The molecule has 3 heterocycles. The van der Waals surface area contributed by atoms with Crippen LogP contribution in [-0.4, -0.2) is 36.4 Å². The molecule has 3 aliphatic rings. The first-order valence-corrected chi connectivity index (χ1v) is 4.09. The summed E-state index contributed by atoms with van der Waals surface area (Å²) in [6, 6.07) is 0.500. The lowest BCUT2D eigenvalue weighted by Crippen LogP contribution is -2.39. The SMILES string of the molecule is CC1OC1N1CC2=CC1CO2. The predicted molar refractivity (Wildman–Crippen MR) is 38.9 cm³/mol. The van der Waals surface area contributed by atoms with E-state index in [-0.39, 0.29) is 0 Å². The van der Waals surface area contributed by atoms with Crippen LogP contribution in [0.1, 0.15) is 6.92 Å². The summed E-state index contributed by atoms with van der Waals surface area (Å²) in [5.41, 5.74) is 0. The van der Waals surface area contributed by atoms with Crippen LogP contribution in [0, 0.1) is 0 Å². The standard InChI is InChI=1S/C8H11NO2/c1-5-8(11-5)9-3-7-2-6(9)4-10-7/h2,5-6,8H,3-4H2,1H3. The fourth-order valence-electron chi connectivity index (χ4n) is 1.89. The van der Waals surface area contributed by atoms with Crippen LogP contribution in [0.25, 0.3) is 0 Å². The maximum absolute atomic E-state index is 5.39. The number of hydrogen-bond donors (Lipinski definition) is 0. The number of nitrogens with zero attached hydrogens (tertiary/aromatic N) is 1. The van der Waals surface area contributed by atoms with E-state index in [4.69, 9.17) is 9.47 Å². The van der Waals surface area contributed by atoms with Gasteiger partial charge in [0.2, 0.25) is 0 Å². The molecule has 0 N–H and O–H groups in total. The molecule has 1 saturated heterocycles. The summed E-state index contributed by atoms with van der Waals surface area (Å²) in [5.74, 6) is 1.14. The van der Waals surface area contributed by atoms with E-state index in [2.05, 4.69) is 17.9 Å². The van der Waals surface area contributed by atoms with Gasteiger partial charge in [-0.1, -0.05) is 0 Å². The molecule has 3 atom stereocenters. The van der Waals surface area contributed by atoms with Crippen LogP contribution in [0.5, 0.6) is 0 Å². The molecule has 3 heteroatoms. The summed E-state index contributed by atoms with van der Waals surface area (Å²) in [7, 11) is 0. The molecule has 0 radical (unpaired) electrons. The summed E-state index contributed by atoms with van der Waals surface area (Å²) in [6.07, 6.45) is 3.01. The van der Waals surface area contributed by atoms with E-state index in [0.717, 1.165) is 18.9 Å². The first kappa shape index (κ1) is 6.03. The molecule has 0 aromatic carbocycles. The predicted octanol–water partition coefficient (Wildman–Crippen LogP) is 0.329. The van der Waals surface area contributed by atoms with Crippen molar-refractivity contribution in [2.45, 2.75) is 25.3 Å². The third-order valence-electron chi connectivity index (χ3n) is 2.59. The molecule has 0 aromatic rings. The first-order chi connectivity index (χ1) is 5.34. The molecule has 1 fully saturated rings. The van der Waals surface area contributed by atoms with Crippen molar-refractivity contribution in [2.24, 2.45) is 0 Å². The smallest absolute Gasteiger partial charge is 0.138 e. The van der Waals surface area contributed by atoms with Crippen molar-refractivity contribution in [3.8, 4) is 0 Å². The van der Waals surface area contributed by atoms with Gasteiger partial charge in [0.1, 0.15) is 18.6 Å². The van der Waals surface area contributed by atoms with Crippen LogP contribution in [0.3, 0.4) is 0 Å². The van der Waals surface area contributed by atoms with Crippen molar-refractivity contribution in [3.05, 3.63) is 11.8 Å². The lowest BCUT2D eigenvalue weighted by molar-refractivity contribution is 0.0647. The number of rotatable bonds is 1. The van der Waals surface area contributed by atoms with Crippen LogP contribution >= 0.6 is 0 Å². The second kappa shape index (κ2) is 1.79. The van der Waals surface area contributed by atoms with Gasteiger partial charge in [0.15, 0.2) is 0 Å². The van der Waals surface area contributed by atoms with Gasteiger partial charge in [-0.3, -0.25) is 4.90 Å². The van der Waals surface area contributed by atoms with Gasteiger partial charge in [0.05, 0.1) is 18.7 Å². The Morgan fingerprint density at radius 1 is 1.64 bits per heavy atom. The molecule has 60 valence electrons. The van der Waals surface area contributed by atoms with Gasteiger partial charge in [-0.15, -0.1) is 0 Å². The molecule has 3 nitrogen and oxygen atoms in total. The molecule has 0 aromatic heterocycles. The zero-order valence-corrected chi connectivity index (χ0v) is 6.49. The number of morpholine rings is 1. The molecule has 3 aliphatic heterocycles. The molecular weight excluding hydrogens is 142 g/mol. The van der Waals surface area contributed by atoms with Gasteiger partial charge in [0, 0.05) is 0 Å². The number of ether oxygens (including phenoxy) is 2. The van der Waals surface area contributed by atoms with Gasteiger partial charge < -0.3 is 9.47 Å². The highest BCUT2D eigenvalue weighted by molar-refractivity contribution is 5.17. The van der Waals surface area contributed by atoms with Crippen molar-refractivity contribution in [3.63, 3.8) is 0 Å². The molecule has 0 saturated carbocycles. The minimum absolute atomic E-state index is 0.373. The second-order valence-electron chi connectivity index (χ2n) is 3.42. The van der Waals surface area contributed by atoms with Crippen LogP contribution < -0.4 is 0 Å². The van der Waals surface area contributed by atoms with E-state index in [1.165, 1.54) is 0 Å². The molecule has 3 rings (SSSR count).